The maximum Gasteiger partial charge on any atom is 0.179 e. The summed E-state index contributed by atoms with van der Waals surface area (Å²) in [4.78, 5) is 0. The van der Waals surface area contributed by atoms with Gasteiger partial charge >= 0.3 is 0 Å². The standard InChI is InChI=1S/C8H7F2N2OP/c1-2-4(9)5(10)3-6(7(2)14)13-12-8(3)11/h14H2,1H3,(H2,11,12). The zero-order chi connectivity index (χ0) is 10.5. The molecule has 14 heavy (non-hydrogen) atoms. The Kier molecular flexibility index (Phi) is 1.93. The van der Waals surface area contributed by atoms with Crippen LogP contribution in [0.4, 0.5) is 14.6 Å². The van der Waals surface area contributed by atoms with Crippen LogP contribution in [0.1, 0.15) is 5.56 Å². The van der Waals surface area contributed by atoms with E-state index in [1.807, 2.05) is 0 Å². The van der Waals surface area contributed by atoms with Gasteiger partial charge in [0.1, 0.15) is 5.39 Å². The fourth-order valence-electron chi connectivity index (χ4n) is 1.26. The molecule has 0 bridgehead atoms. The summed E-state index contributed by atoms with van der Waals surface area (Å²) in [5.74, 6) is -2.07. The fourth-order valence-corrected chi connectivity index (χ4v) is 1.59. The molecule has 1 unspecified atom stereocenters. The summed E-state index contributed by atoms with van der Waals surface area (Å²) in [6, 6.07) is 0. The third-order valence-corrected chi connectivity index (χ3v) is 2.80. The van der Waals surface area contributed by atoms with Gasteiger partial charge in [0.05, 0.1) is 0 Å². The van der Waals surface area contributed by atoms with Crippen molar-refractivity contribution in [2.75, 3.05) is 5.73 Å². The molecule has 0 aliphatic heterocycles. The predicted octanol–water partition coefficient (Wildman–Crippen LogP) is 1.50. The van der Waals surface area contributed by atoms with E-state index in [2.05, 4.69) is 14.4 Å². The highest BCUT2D eigenvalue weighted by atomic mass is 31.0. The first-order valence-electron chi connectivity index (χ1n) is 3.82. The second-order valence-electron chi connectivity index (χ2n) is 2.94. The highest BCUT2D eigenvalue weighted by molar-refractivity contribution is 7.28. The number of nitrogens with zero attached hydrogens (tertiary/aromatic N) is 1. The molecule has 2 N–H and O–H groups in total. The van der Waals surface area contributed by atoms with Crippen LogP contribution in [-0.2, 0) is 0 Å². The maximum absolute atomic E-state index is 13.4. The molecule has 6 heteroatoms. The topological polar surface area (TPSA) is 52.0 Å². The summed E-state index contributed by atoms with van der Waals surface area (Å²) in [7, 11) is 2.28. The normalized spacial score (nSPS) is 11.1. The van der Waals surface area contributed by atoms with Gasteiger partial charge in [-0.3, -0.25) is 0 Å². The lowest BCUT2D eigenvalue weighted by atomic mass is 10.1. The van der Waals surface area contributed by atoms with E-state index >= 15 is 0 Å². The minimum Gasteiger partial charge on any atom is -0.380 e. The number of rotatable bonds is 0. The summed E-state index contributed by atoms with van der Waals surface area (Å²) in [6.07, 6.45) is 0. The van der Waals surface area contributed by atoms with Crippen LogP contribution in [-0.4, -0.2) is 5.16 Å². The zero-order valence-electron chi connectivity index (χ0n) is 7.27. The molecular weight excluding hydrogens is 209 g/mol. The number of fused-ring (bicyclic) bond motifs is 1. The smallest absolute Gasteiger partial charge is 0.179 e. The number of nitrogens with two attached hydrogens (primary N) is 1. The molecule has 0 radical (unpaired) electrons. The van der Waals surface area contributed by atoms with E-state index < -0.39 is 11.6 Å². The van der Waals surface area contributed by atoms with Crippen molar-refractivity contribution >= 4 is 31.3 Å². The van der Waals surface area contributed by atoms with Gasteiger partial charge in [0.2, 0.25) is 0 Å². The lowest BCUT2D eigenvalue weighted by molar-refractivity contribution is 0.460. The van der Waals surface area contributed by atoms with Crippen LogP contribution < -0.4 is 11.0 Å². The van der Waals surface area contributed by atoms with Crippen molar-refractivity contribution in [3.05, 3.63) is 17.2 Å². The first kappa shape index (κ1) is 9.34. The largest absolute Gasteiger partial charge is 0.380 e. The molecule has 3 nitrogen and oxygen atoms in total. The molecular formula is C8H7F2N2OP. The Bertz CT molecular complexity index is 524. The molecule has 1 heterocycles. The summed E-state index contributed by atoms with van der Waals surface area (Å²) in [5, 5.41) is 3.72. The van der Waals surface area contributed by atoms with E-state index in [1.54, 1.807) is 0 Å². The zero-order valence-corrected chi connectivity index (χ0v) is 8.42. The van der Waals surface area contributed by atoms with E-state index in [4.69, 9.17) is 10.3 Å². The van der Waals surface area contributed by atoms with E-state index in [9.17, 15) is 8.78 Å². The maximum atomic E-state index is 13.4. The molecule has 2 aromatic rings. The number of anilines is 1. The molecule has 0 fully saturated rings. The van der Waals surface area contributed by atoms with Gasteiger partial charge in [-0.05, 0) is 12.5 Å². The quantitative estimate of drug-likeness (QED) is 0.679. The van der Waals surface area contributed by atoms with Gasteiger partial charge in [-0.2, -0.15) is 0 Å². The van der Waals surface area contributed by atoms with Crippen LogP contribution in [0, 0.1) is 18.6 Å². The first-order valence-corrected chi connectivity index (χ1v) is 4.39. The van der Waals surface area contributed by atoms with Crippen molar-refractivity contribution < 1.29 is 13.3 Å². The second-order valence-corrected chi connectivity index (χ2v) is 3.52. The Morgan fingerprint density at radius 1 is 1.36 bits per heavy atom. The van der Waals surface area contributed by atoms with Gasteiger partial charge in [-0.15, -0.1) is 9.24 Å². The third kappa shape index (κ3) is 1.02. The molecule has 2 rings (SSSR count). The molecule has 1 aromatic heterocycles. The molecule has 0 saturated heterocycles. The molecule has 0 spiro atoms. The van der Waals surface area contributed by atoms with Crippen LogP contribution >= 0.6 is 9.24 Å². The van der Waals surface area contributed by atoms with Gasteiger partial charge in [0.25, 0.3) is 0 Å². The lowest BCUT2D eigenvalue weighted by Gasteiger charge is -2.02. The SMILES string of the molecule is Cc1c(F)c(F)c2c(N)noc2c1P. The van der Waals surface area contributed by atoms with Crippen LogP contribution in [0.5, 0.6) is 0 Å². The van der Waals surface area contributed by atoms with E-state index in [0.717, 1.165) is 0 Å². The minimum atomic E-state index is -1.01. The van der Waals surface area contributed by atoms with Crippen LogP contribution in [0.2, 0.25) is 0 Å². The number of hydrogen-bond donors (Lipinski definition) is 1. The molecule has 0 amide bonds. The van der Waals surface area contributed by atoms with Crippen molar-refractivity contribution in [3.8, 4) is 0 Å². The van der Waals surface area contributed by atoms with Gasteiger partial charge in [0, 0.05) is 5.30 Å². The Hall–Kier alpha value is -1.22. The van der Waals surface area contributed by atoms with Gasteiger partial charge in [-0.1, -0.05) is 5.16 Å². The Morgan fingerprint density at radius 2 is 2.00 bits per heavy atom. The van der Waals surface area contributed by atoms with E-state index in [-0.39, 0.29) is 22.4 Å². The first-order chi connectivity index (χ1) is 6.54. The van der Waals surface area contributed by atoms with Gasteiger partial charge in [0.15, 0.2) is 23.0 Å². The van der Waals surface area contributed by atoms with E-state index in [0.29, 0.717) is 5.30 Å². The van der Waals surface area contributed by atoms with Crippen molar-refractivity contribution in [2.24, 2.45) is 0 Å². The number of nitrogen functional groups attached to an aromatic ring is 1. The third-order valence-electron chi connectivity index (χ3n) is 2.11. The van der Waals surface area contributed by atoms with Crippen molar-refractivity contribution in [2.45, 2.75) is 6.92 Å². The molecule has 74 valence electrons. The monoisotopic (exact) mass is 216 g/mol. The molecule has 0 saturated carbocycles. The summed E-state index contributed by atoms with van der Waals surface area (Å²) >= 11 is 0. The highest BCUT2D eigenvalue weighted by Crippen LogP contribution is 2.27. The summed E-state index contributed by atoms with van der Waals surface area (Å²) in [6.45, 7) is 1.46. The second kappa shape index (κ2) is 2.89. The van der Waals surface area contributed by atoms with Gasteiger partial charge < -0.3 is 10.3 Å². The highest BCUT2D eigenvalue weighted by Gasteiger charge is 2.20. The average Bonchev–Trinajstić information content (AvgIpc) is 2.54. The van der Waals surface area contributed by atoms with Crippen molar-refractivity contribution in [1.29, 1.82) is 0 Å². The Morgan fingerprint density at radius 3 is 2.64 bits per heavy atom. The number of halogens is 2. The average molecular weight is 216 g/mol. The lowest BCUT2D eigenvalue weighted by Crippen LogP contribution is -2.05. The predicted molar refractivity (Wildman–Crippen MR) is 52.4 cm³/mol. The van der Waals surface area contributed by atoms with Crippen LogP contribution in [0.3, 0.4) is 0 Å². The van der Waals surface area contributed by atoms with E-state index in [1.165, 1.54) is 6.92 Å². The molecule has 1 atom stereocenters. The number of aromatic nitrogens is 1. The number of benzene rings is 1. The van der Waals surface area contributed by atoms with Crippen LogP contribution in [0.25, 0.3) is 11.0 Å². The summed E-state index contributed by atoms with van der Waals surface area (Å²) in [5.41, 5.74) is 5.69. The van der Waals surface area contributed by atoms with Crippen LogP contribution in [0.15, 0.2) is 4.52 Å². The molecule has 0 aliphatic carbocycles. The van der Waals surface area contributed by atoms with Crippen molar-refractivity contribution in [1.82, 2.24) is 5.16 Å². The van der Waals surface area contributed by atoms with Crippen molar-refractivity contribution in [3.63, 3.8) is 0 Å². The Labute approximate surface area is 80.4 Å². The minimum absolute atomic E-state index is 0.0990. The Balaban J connectivity index is 3.05. The summed E-state index contributed by atoms with van der Waals surface area (Å²) < 4.78 is 31.4. The van der Waals surface area contributed by atoms with Gasteiger partial charge in [-0.25, -0.2) is 8.78 Å². The fraction of sp³-hybridized carbons (Fsp3) is 0.125. The molecule has 1 aromatic carbocycles. The molecule has 0 aliphatic rings. The number of hydrogen-bond acceptors (Lipinski definition) is 3.